The predicted molar refractivity (Wildman–Crippen MR) is 96.1 cm³/mol. The first kappa shape index (κ1) is 17.2. The Hall–Kier alpha value is -2.61. The van der Waals surface area contributed by atoms with Crippen molar-refractivity contribution in [2.45, 2.75) is 39.4 Å². The van der Waals surface area contributed by atoms with Gasteiger partial charge >= 0.3 is 5.69 Å². The SMILES string of the molecule is CCC(C)NC(=O)Cn1c(=O)n(Cc2ccco2)c(=O)c2sccc21. The molecule has 0 aliphatic rings. The summed E-state index contributed by atoms with van der Waals surface area (Å²) in [6, 6.07) is 5.11. The number of carbonyl (C=O) groups excluding carboxylic acids is 1. The van der Waals surface area contributed by atoms with Crippen molar-refractivity contribution in [3.05, 3.63) is 56.4 Å². The van der Waals surface area contributed by atoms with Gasteiger partial charge in [0.15, 0.2) is 0 Å². The Bertz CT molecular complexity index is 997. The van der Waals surface area contributed by atoms with Crippen molar-refractivity contribution in [2.75, 3.05) is 0 Å². The third-order valence-electron chi connectivity index (χ3n) is 4.05. The lowest BCUT2D eigenvalue weighted by molar-refractivity contribution is -0.122. The molecule has 0 saturated carbocycles. The van der Waals surface area contributed by atoms with E-state index >= 15 is 0 Å². The van der Waals surface area contributed by atoms with E-state index in [0.29, 0.717) is 16.0 Å². The van der Waals surface area contributed by atoms with Gasteiger partial charge in [-0.1, -0.05) is 6.92 Å². The van der Waals surface area contributed by atoms with Gasteiger partial charge in [-0.2, -0.15) is 0 Å². The van der Waals surface area contributed by atoms with Gasteiger partial charge in [-0.25, -0.2) is 4.79 Å². The molecule has 7 nitrogen and oxygen atoms in total. The maximum absolute atomic E-state index is 12.8. The molecule has 0 aromatic carbocycles. The normalized spacial score (nSPS) is 12.4. The van der Waals surface area contributed by atoms with Crippen LogP contribution in [0, 0.1) is 0 Å². The summed E-state index contributed by atoms with van der Waals surface area (Å²) in [6.07, 6.45) is 2.29. The lowest BCUT2D eigenvalue weighted by Gasteiger charge is -2.14. The molecule has 1 amide bonds. The number of hydrogen-bond acceptors (Lipinski definition) is 5. The summed E-state index contributed by atoms with van der Waals surface area (Å²) in [6.45, 7) is 3.77. The van der Waals surface area contributed by atoms with Gasteiger partial charge in [0, 0.05) is 6.04 Å². The van der Waals surface area contributed by atoms with E-state index in [-0.39, 0.29) is 30.6 Å². The number of fused-ring (bicyclic) bond motifs is 1. The quantitative estimate of drug-likeness (QED) is 0.725. The zero-order valence-electron chi connectivity index (χ0n) is 14.0. The summed E-state index contributed by atoms with van der Waals surface area (Å²) in [5.74, 6) is 0.248. The number of amides is 1. The van der Waals surface area contributed by atoms with E-state index in [1.165, 1.54) is 22.2 Å². The van der Waals surface area contributed by atoms with Crippen molar-refractivity contribution in [1.29, 1.82) is 0 Å². The Morgan fingerprint density at radius 1 is 1.32 bits per heavy atom. The van der Waals surface area contributed by atoms with Gasteiger partial charge in [0.25, 0.3) is 5.56 Å². The highest BCUT2D eigenvalue weighted by molar-refractivity contribution is 7.17. The number of furan rings is 1. The largest absolute Gasteiger partial charge is 0.467 e. The van der Waals surface area contributed by atoms with Crippen molar-refractivity contribution < 1.29 is 9.21 Å². The first-order valence-electron chi connectivity index (χ1n) is 8.03. The van der Waals surface area contributed by atoms with E-state index in [9.17, 15) is 14.4 Å². The van der Waals surface area contributed by atoms with Crippen LogP contribution in [0.3, 0.4) is 0 Å². The molecule has 0 bridgehead atoms. The molecule has 132 valence electrons. The maximum Gasteiger partial charge on any atom is 0.332 e. The Kier molecular flexibility index (Phi) is 4.89. The third-order valence-corrected chi connectivity index (χ3v) is 4.94. The number of carbonyl (C=O) groups is 1. The maximum atomic E-state index is 12.8. The van der Waals surface area contributed by atoms with Crippen LogP contribution in [0.2, 0.25) is 0 Å². The summed E-state index contributed by atoms with van der Waals surface area (Å²) >= 11 is 1.25. The lowest BCUT2D eigenvalue weighted by atomic mass is 10.2. The fraction of sp³-hybridized carbons (Fsp3) is 0.353. The average molecular weight is 361 g/mol. The Balaban J connectivity index is 2.05. The molecular formula is C17H19N3O4S. The van der Waals surface area contributed by atoms with Crippen molar-refractivity contribution in [3.63, 3.8) is 0 Å². The average Bonchev–Trinajstić information content (AvgIpc) is 3.26. The molecule has 25 heavy (non-hydrogen) atoms. The molecule has 0 aliphatic carbocycles. The Morgan fingerprint density at radius 3 is 2.80 bits per heavy atom. The molecule has 1 N–H and O–H groups in total. The molecule has 3 aromatic heterocycles. The van der Waals surface area contributed by atoms with E-state index in [1.807, 2.05) is 13.8 Å². The van der Waals surface area contributed by atoms with Gasteiger partial charge in [0.05, 0.1) is 18.3 Å². The number of aromatic nitrogens is 2. The highest BCUT2D eigenvalue weighted by Crippen LogP contribution is 2.15. The van der Waals surface area contributed by atoms with Crippen LogP contribution < -0.4 is 16.6 Å². The minimum absolute atomic E-state index is 0.0233. The van der Waals surface area contributed by atoms with Crippen molar-refractivity contribution in [3.8, 4) is 0 Å². The number of nitrogens with one attached hydrogen (secondary N) is 1. The van der Waals surface area contributed by atoms with Gasteiger partial charge in [0.1, 0.15) is 17.0 Å². The molecule has 0 radical (unpaired) electrons. The van der Waals surface area contributed by atoms with Crippen molar-refractivity contribution in [1.82, 2.24) is 14.5 Å². The number of rotatable bonds is 6. The molecule has 1 unspecified atom stereocenters. The minimum Gasteiger partial charge on any atom is -0.467 e. The smallest absolute Gasteiger partial charge is 0.332 e. The Morgan fingerprint density at radius 2 is 2.12 bits per heavy atom. The zero-order valence-corrected chi connectivity index (χ0v) is 14.8. The van der Waals surface area contributed by atoms with Crippen molar-refractivity contribution >= 4 is 27.5 Å². The molecule has 1 atom stereocenters. The van der Waals surface area contributed by atoms with Crippen molar-refractivity contribution in [2.24, 2.45) is 0 Å². The van der Waals surface area contributed by atoms with Gasteiger partial charge in [-0.3, -0.25) is 18.7 Å². The Labute approximate surface area is 147 Å². The molecular weight excluding hydrogens is 342 g/mol. The van der Waals surface area contributed by atoms with Gasteiger partial charge in [-0.15, -0.1) is 11.3 Å². The summed E-state index contributed by atoms with van der Waals surface area (Å²) in [5, 5.41) is 4.58. The molecule has 0 fully saturated rings. The number of hydrogen-bond donors (Lipinski definition) is 1. The summed E-state index contributed by atoms with van der Waals surface area (Å²) < 4.78 is 8.14. The standard InChI is InChI=1S/C17H19N3O4S/c1-3-11(2)18-14(21)10-19-13-6-8-25-15(13)16(22)20(17(19)23)9-12-5-4-7-24-12/h4-8,11H,3,9-10H2,1-2H3,(H,18,21). The first-order valence-corrected chi connectivity index (χ1v) is 8.91. The number of thiophene rings is 1. The van der Waals surface area contributed by atoms with Crippen LogP contribution in [0.5, 0.6) is 0 Å². The molecule has 0 spiro atoms. The minimum atomic E-state index is -0.522. The van der Waals surface area contributed by atoms with Crippen LogP contribution in [0.4, 0.5) is 0 Å². The topological polar surface area (TPSA) is 86.2 Å². The van der Waals surface area contributed by atoms with Crippen LogP contribution in [-0.2, 0) is 17.9 Å². The van der Waals surface area contributed by atoms with E-state index in [0.717, 1.165) is 11.0 Å². The van der Waals surface area contributed by atoms with Gasteiger partial charge in [0.2, 0.25) is 5.91 Å². The molecule has 3 rings (SSSR count). The van der Waals surface area contributed by atoms with Crippen LogP contribution in [0.15, 0.2) is 43.8 Å². The van der Waals surface area contributed by atoms with E-state index in [1.54, 1.807) is 23.6 Å². The van der Waals surface area contributed by atoms with Crippen LogP contribution >= 0.6 is 11.3 Å². The van der Waals surface area contributed by atoms with E-state index in [4.69, 9.17) is 4.42 Å². The summed E-state index contributed by atoms with van der Waals surface area (Å²) in [4.78, 5) is 37.7. The lowest BCUT2D eigenvalue weighted by Crippen LogP contribution is -2.43. The fourth-order valence-corrected chi connectivity index (χ4v) is 3.39. The molecule has 3 heterocycles. The molecule has 8 heteroatoms. The van der Waals surface area contributed by atoms with Gasteiger partial charge in [-0.05, 0) is 36.9 Å². The fourth-order valence-electron chi connectivity index (χ4n) is 2.55. The second-order valence-corrected chi connectivity index (χ2v) is 6.77. The molecule has 3 aromatic rings. The highest BCUT2D eigenvalue weighted by Gasteiger charge is 2.17. The van der Waals surface area contributed by atoms with Gasteiger partial charge < -0.3 is 9.73 Å². The molecule has 0 saturated heterocycles. The number of nitrogens with zero attached hydrogens (tertiary/aromatic N) is 2. The van der Waals surface area contributed by atoms with E-state index < -0.39 is 5.69 Å². The second-order valence-electron chi connectivity index (χ2n) is 5.85. The van der Waals surface area contributed by atoms with Crippen LogP contribution in [-0.4, -0.2) is 21.1 Å². The third kappa shape index (κ3) is 3.43. The summed E-state index contributed by atoms with van der Waals surface area (Å²) in [7, 11) is 0. The monoisotopic (exact) mass is 361 g/mol. The van der Waals surface area contributed by atoms with Crippen LogP contribution in [0.25, 0.3) is 10.2 Å². The molecule has 0 aliphatic heterocycles. The van der Waals surface area contributed by atoms with E-state index in [2.05, 4.69) is 5.32 Å². The highest BCUT2D eigenvalue weighted by atomic mass is 32.1. The predicted octanol–water partition coefficient (Wildman–Crippen LogP) is 1.78. The first-order chi connectivity index (χ1) is 12.0. The summed E-state index contributed by atoms with van der Waals surface area (Å²) in [5.41, 5.74) is -0.411. The van der Waals surface area contributed by atoms with Crippen LogP contribution in [0.1, 0.15) is 26.0 Å². The second kappa shape index (κ2) is 7.10. The zero-order chi connectivity index (χ0) is 18.0.